The molecule has 0 fully saturated rings. The van der Waals surface area contributed by atoms with Gasteiger partial charge < -0.3 is 16.0 Å². The van der Waals surface area contributed by atoms with E-state index in [9.17, 15) is 9.59 Å². The quantitative estimate of drug-likeness (QED) is 0.701. The summed E-state index contributed by atoms with van der Waals surface area (Å²) in [7, 11) is 0. The average molecular weight is 251 g/mol. The Labute approximate surface area is 107 Å². The summed E-state index contributed by atoms with van der Waals surface area (Å²) < 4.78 is 0. The minimum atomic E-state index is -0.213. The molecule has 1 aromatic rings. The van der Waals surface area contributed by atoms with Gasteiger partial charge >= 0.3 is 0 Å². The molecule has 0 radical (unpaired) electrons. The Morgan fingerprint density at radius 1 is 1.44 bits per heavy atom. The SMILES string of the molecule is CC(C)(CCCN)CNC(=O)c1ccc(=O)[nH]c1. The van der Waals surface area contributed by atoms with Gasteiger partial charge in [0.2, 0.25) is 5.56 Å². The van der Waals surface area contributed by atoms with Crippen LogP contribution in [0.3, 0.4) is 0 Å². The van der Waals surface area contributed by atoms with Gasteiger partial charge in [-0.1, -0.05) is 13.8 Å². The van der Waals surface area contributed by atoms with Crippen molar-refractivity contribution in [2.24, 2.45) is 11.1 Å². The number of aromatic amines is 1. The second-order valence-electron chi connectivity index (χ2n) is 5.18. The Morgan fingerprint density at radius 3 is 2.72 bits per heavy atom. The summed E-state index contributed by atoms with van der Waals surface area (Å²) in [5, 5.41) is 2.87. The number of amides is 1. The first-order valence-electron chi connectivity index (χ1n) is 6.12. The van der Waals surface area contributed by atoms with Crippen LogP contribution < -0.4 is 16.6 Å². The third kappa shape index (κ3) is 4.71. The van der Waals surface area contributed by atoms with Crippen LogP contribution in [0, 0.1) is 5.41 Å². The first-order valence-corrected chi connectivity index (χ1v) is 6.12. The van der Waals surface area contributed by atoms with Crippen LogP contribution in [0.15, 0.2) is 23.1 Å². The maximum Gasteiger partial charge on any atom is 0.252 e. The van der Waals surface area contributed by atoms with E-state index in [2.05, 4.69) is 24.1 Å². The van der Waals surface area contributed by atoms with Crippen LogP contribution in [0.1, 0.15) is 37.0 Å². The molecule has 1 aromatic heterocycles. The van der Waals surface area contributed by atoms with Gasteiger partial charge in [0.15, 0.2) is 0 Å². The highest BCUT2D eigenvalue weighted by atomic mass is 16.1. The molecule has 0 bridgehead atoms. The van der Waals surface area contributed by atoms with Gasteiger partial charge in [0.05, 0.1) is 5.56 Å². The van der Waals surface area contributed by atoms with Gasteiger partial charge in [-0.15, -0.1) is 0 Å². The smallest absolute Gasteiger partial charge is 0.252 e. The standard InChI is InChI=1S/C13H21N3O2/c1-13(2,6-3-7-14)9-16-12(18)10-4-5-11(17)15-8-10/h4-5,8H,3,6-7,9,14H2,1-2H3,(H,15,17)(H,16,18). The maximum atomic E-state index is 11.8. The van der Waals surface area contributed by atoms with Crippen molar-refractivity contribution in [1.29, 1.82) is 0 Å². The lowest BCUT2D eigenvalue weighted by atomic mass is 9.87. The van der Waals surface area contributed by atoms with Crippen molar-refractivity contribution in [3.8, 4) is 0 Å². The van der Waals surface area contributed by atoms with Crippen molar-refractivity contribution in [3.63, 3.8) is 0 Å². The summed E-state index contributed by atoms with van der Waals surface area (Å²) in [4.78, 5) is 25.2. The van der Waals surface area contributed by atoms with E-state index in [-0.39, 0.29) is 16.9 Å². The molecule has 0 saturated heterocycles. The number of pyridine rings is 1. The number of H-pyrrole nitrogens is 1. The number of hydrogen-bond acceptors (Lipinski definition) is 3. The van der Waals surface area contributed by atoms with Crippen molar-refractivity contribution in [2.75, 3.05) is 13.1 Å². The first-order chi connectivity index (χ1) is 8.44. The van der Waals surface area contributed by atoms with E-state index in [1.165, 1.54) is 18.3 Å². The topological polar surface area (TPSA) is 88.0 Å². The van der Waals surface area contributed by atoms with Gasteiger partial charge in [0, 0.05) is 18.8 Å². The molecule has 0 atom stereocenters. The summed E-state index contributed by atoms with van der Waals surface area (Å²) in [6.07, 6.45) is 3.33. The highest BCUT2D eigenvalue weighted by Crippen LogP contribution is 2.20. The fourth-order valence-corrected chi connectivity index (χ4v) is 1.64. The van der Waals surface area contributed by atoms with E-state index in [0.29, 0.717) is 18.7 Å². The van der Waals surface area contributed by atoms with Crippen molar-refractivity contribution in [2.45, 2.75) is 26.7 Å². The zero-order chi connectivity index (χ0) is 13.6. The number of carbonyl (C=O) groups excluding carboxylic acids is 1. The Bertz CT molecular complexity index is 431. The zero-order valence-corrected chi connectivity index (χ0v) is 11.0. The third-order valence-electron chi connectivity index (χ3n) is 2.83. The summed E-state index contributed by atoms with van der Waals surface area (Å²) in [5.41, 5.74) is 5.75. The van der Waals surface area contributed by atoms with Crippen LogP contribution in [0.4, 0.5) is 0 Å². The van der Waals surface area contributed by atoms with Crippen molar-refractivity contribution >= 4 is 5.91 Å². The van der Waals surface area contributed by atoms with Gasteiger partial charge in [-0.2, -0.15) is 0 Å². The lowest BCUT2D eigenvalue weighted by Crippen LogP contribution is -2.34. The Balaban J connectivity index is 2.50. The first kappa shape index (κ1) is 14.4. The molecule has 0 unspecified atom stereocenters. The second-order valence-corrected chi connectivity index (χ2v) is 5.18. The highest BCUT2D eigenvalue weighted by molar-refractivity contribution is 5.93. The van der Waals surface area contributed by atoms with Gasteiger partial charge in [0.25, 0.3) is 5.91 Å². The molecule has 1 heterocycles. The molecule has 5 heteroatoms. The Morgan fingerprint density at radius 2 is 2.17 bits per heavy atom. The van der Waals surface area contributed by atoms with E-state index in [0.717, 1.165) is 12.8 Å². The number of aromatic nitrogens is 1. The van der Waals surface area contributed by atoms with Crippen LogP contribution in [-0.2, 0) is 0 Å². The molecular formula is C13H21N3O2. The van der Waals surface area contributed by atoms with E-state index < -0.39 is 0 Å². The third-order valence-corrected chi connectivity index (χ3v) is 2.83. The Hall–Kier alpha value is -1.62. The predicted molar refractivity (Wildman–Crippen MR) is 71.5 cm³/mol. The van der Waals surface area contributed by atoms with Crippen LogP contribution in [0.25, 0.3) is 0 Å². The Kier molecular flexibility index (Phi) is 5.09. The van der Waals surface area contributed by atoms with E-state index in [1.807, 2.05) is 0 Å². The van der Waals surface area contributed by atoms with Crippen LogP contribution >= 0.6 is 0 Å². The van der Waals surface area contributed by atoms with Crippen LogP contribution in [0.2, 0.25) is 0 Å². The molecule has 0 saturated carbocycles. The zero-order valence-electron chi connectivity index (χ0n) is 11.0. The summed E-state index contributed by atoms with van der Waals surface area (Å²) in [6.45, 7) is 5.44. The second kappa shape index (κ2) is 6.35. The highest BCUT2D eigenvalue weighted by Gasteiger charge is 2.18. The molecule has 1 rings (SSSR count). The molecular weight excluding hydrogens is 230 g/mol. The van der Waals surface area contributed by atoms with Crippen molar-refractivity contribution in [1.82, 2.24) is 10.3 Å². The molecule has 0 spiro atoms. The van der Waals surface area contributed by atoms with Crippen molar-refractivity contribution in [3.05, 3.63) is 34.2 Å². The number of rotatable bonds is 6. The van der Waals surface area contributed by atoms with Crippen LogP contribution in [0.5, 0.6) is 0 Å². The van der Waals surface area contributed by atoms with Gasteiger partial charge in [-0.3, -0.25) is 9.59 Å². The van der Waals surface area contributed by atoms with Crippen LogP contribution in [-0.4, -0.2) is 24.0 Å². The maximum absolute atomic E-state index is 11.8. The molecule has 0 aliphatic carbocycles. The molecule has 0 aliphatic rings. The lowest BCUT2D eigenvalue weighted by Gasteiger charge is -2.24. The molecule has 100 valence electrons. The van der Waals surface area contributed by atoms with Gasteiger partial charge in [-0.25, -0.2) is 0 Å². The molecule has 1 amide bonds. The molecule has 0 aliphatic heterocycles. The molecule has 4 N–H and O–H groups in total. The van der Waals surface area contributed by atoms with Gasteiger partial charge in [0.1, 0.15) is 0 Å². The number of nitrogens with two attached hydrogens (primary N) is 1. The van der Waals surface area contributed by atoms with E-state index in [4.69, 9.17) is 5.73 Å². The molecule has 0 aromatic carbocycles. The van der Waals surface area contributed by atoms with E-state index >= 15 is 0 Å². The average Bonchev–Trinajstić information content (AvgIpc) is 2.35. The fraction of sp³-hybridized carbons (Fsp3) is 0.538. The number of nitrogens with one attached hydrogen (secondary N) is 2. The number of hydrogen-bond donors (Lipinski definition) is 3. The minimum Gasteiger partial charge on any atom is -0.351 e. The summed E-state index contributed by atoms with van der Waals surface area (Å²) in [5.74, 6) is -0.174. The lowest BCUT2D eigenvalue weighted by molar-refractivity contribution is 0.0934. The van der Waals surface area contributed by atoms with E-state index in [1.54, 1.807) is 0 Å². The molecule has 18 heavy (non-hydrogen) atoms. The fourth-order valence-electron chi connectivity index (χ4n) is 1.64. The summed E-state index contributed by atoms with van der Waals surface area (Å²) in [6, 6.07) is 2.86. The monoisotopic (exact) mass is 251 g/mol. The van der Waals surface area contributed by atoms with Crippen molar-refractivity contribution < 1.29 is 4.79 Å². The van der Waals surface area contributed by atoms with Gasteiger partial charge in [-0.05, 0) is 30.9 Å². The number of carbonyl (C=O) groups is 1. The predicted octanol–water partition coefficient (Wildman–Crippen LogP) is 0.870. The normalized spacial score (nSPS) is 11.3. The summed E-state index contributed by atoms with van der Waals surface area (Å²) >= 11 is 0. The minimum absolute atomic E-state index is 0.0250. The molecule has 5 nitrogen and oxygen atoms in total. The largest absolute Gasteiger partial charge is 0.351 e.